The number of carbonyl (C=O) groups excluding carboxylic acids is 1. The van der Waals surface area contributed by atoms with E-state index in [1.165, 1.54) is 11.6 Å². The maximum absolute atomic E-state index is 11.9. The molecule has 178 valence electrons. The molecule has 2 aromatic rings. The van der Waals surface area contributed by atoms with Crippen molar-refractivity contribution < 1.29 is 19.5 Å². The first-order valence-corrected chi connectivity index (χ1v) is 11.3. The third-order valence-electron chi connectivity index (χ3n) is 5.10. The number of hydrogen-bond donors (Lipinski definition) is 3. The largest absolute Gasteiger partial charge is 0.395 e. The Labute approximate surface area is 194 Å². The number of anilines is 1. The van der Waals surface area contributed by atoms with Gasteiger partial charge in [-0.1, -0.05) is 30.3 Å². The fourth-order valence-corrected chi connectivity index (χ4v) is 3.52. The van der Waals surface area contributed by atoms with E-state index in [1.807, 2.05) is 18.2 Å². The Morgan fingerprint density at radius 1 is 1.30 bits per heavy atom. The molecule has 2 atom stereocenters. The molecule has 0 saturated carbocycles. The summed E-state index contributed by atoms with van der Waals surface area (Å²) in [6, 6.07) is 10.3. The van der Waals surface area contributed by atoms with Crippen LogP contribution in [0.1, 0.15) is 37.4 Å². The van der Waals surface area contributed by atoms with E-state index in [9.17, 15) is 9.90 Å². The lowest BCUT2D eigenvalue weighted by Gasteiger charge is -2.25. The summed E-state index contributed by atoms with van der Waals surface area (Å²) in [6.07, 6.45) is 8.58. The molecule has 0 bridgehead atoms. The lowest BCUT2D eigenvalue weighted by Crippen LogP contribution is -2.36. The summed E-state index contributed by atoms with van der Waals surface area (Å²) in [5.74, 6) is 0.259. The highest BCUT2D eigenvalue weighted by Crippen LogP contribution is 2.12. The zero-order valence-corrected chi connectivity index (χ0v) is 19.0. The Balaban J connectivity index is 1.43. The van der Waals surface area contributed by atoms with Crippen LogP contribution in [0.4, 0.5) is 5.82 Å². The molecule has 9 nitrogen and oxygen atoms in total. The maximum Gasteiger partial charge on any atom is 0.267 e. The lowest BCUT2D eigenvalue weighted by atomic mass is 10.2. The van der Waals surface area contributed by atoms with Gasteiger partial charge in [0.25, 0.3) is 5.91 Å². The molecule has 0 spiro atoms. The first kappa shape index (κ1) is 24.8. The number of hydroxylamine groups is 1. The van der Waals surface area contributed by atoms with Crippen molar-refractivity contribution in [2.24, 2.45) is 0 Å². The van der Waals surface area contributed by atoms with Crippen molar-refractivity contribution in [1.82, 2.24) is 20.3 Å². The van der Waals surface area contributed by atoms with Crippen LogP contribution in [-0.4, -0.2) is 64.5 Å². The average Bonchev–Trinajstić information content (AvgIpc) is 2.84. The Bertz CT molecular complexity index is 857. The van der Waals surface area contributed by atoms with Crippen LogP contribution in [0.3, 0.4) is 0 Å². The number of aliphatic hydroxyl groups excluding tert-OH is 1. The van der Waals surface area contributed by atoms with Gasteiger partial charge in [-0.3, -0.25) is 14.7 Å². The van der Waals surface area contributed by atoms with Crippen LogP contribution in [0.25, 0.3) is 6.08 Å². The summed E-state index contributed by atoms with van der Waals surface area (Å²) in [5.41, 5.74) is 4.13. The van der Waals surface area contributed by atoms with Gasteiger partial charge in [0.2, 0.25) is 0 Å². The number of nitrogens with one attached hydrogen (secondary N) is 2. The minimum absolute atomic E-state index is 0.0980. The molecule has 3 rings (SSSR count). The Hall–Kier alpha value is -2.85. The lowest BCUT2D eigenvalue weighted by molar-refractivity contribution is -0.198. The number of nitrogens with zero attached hydrogens (tertiary/aromatic N) is 3. The van der Waals surface area contributed by atoms with E-state index < -0.39 is 0 Å². The van der Waals surface area contributed by atoms with Gasteiger partial charge in [-0.15, -0.1) is 0 Å². The molecular weight excluding hydrogens is 422 g/mol. The van der Waals surface area contributed by atoms with Crippen molar-refractivity contribution in [3.63, 3.8) is 0 Å². The third-order valence-corrected chi connectivity index (χ3v) is 5.10. The highest BCUT2D eigenvalue weighted by atomic mass is 16.8. The number of benzene rings is 1. The van der Waals surface area contributed by atoms with Gasteiger partial charge < -0.3 is 15.2 Å². The van der Waals surface area contributed by atoms with Crippen LogP contribution in [0.5, 0.6) is 0 Å². The van der Waals surface area contributed by atoms with Gasteiger partial charge in [0.1, 0.15) is 5.82 Å². The predicted molar refractivity (Wildman–Crippen MR) is 126 cm³/mol. The summed E-state index contributed by atoms with van der Waals surface area (Å²) >= 11 is 0. The maximum atomic E-state index is 11.9. The zero-order chi connectivity index (χ0) is 23.3. The van der Waals surface area contributed by atoms with Crippen LogP contribution in [0.2, 0.25) is 0 Å². The van der Waals surface area contributed by atoms with Crippen LogP contribution in [0.15, 0.2) is 48.8 Å². The van der Waals surface area contributed by atoms with Gasteiger partial charge in [-0.2, -0.15) is 0 Å². The van der Waals surface area contributed by atoms with E-state index in [1.54, 1.807) is 18.5 Å². The van der Waals surface area contributed by atoms with E-state index in [-0.39, 0.29) is 24.8 Å². The molecule has 0 aliphatic carbocycles. The molecular formula is C24H33N5O4. The molecule has 1 fully saturated rings. The molecule has 1 saturated heterocycles. The van der Waals surface area contributed by atoms with E-state index in [0.29, 0.717) is 24.7 Å². The van der Waals surface area contributed by atoms with Crippen LogP contribution < -0.4 is 10.8 Å². The topological polar surface area (TPSA) is 109 Å². The second-order valence-electron chi connectivity index (χ2n) is 8.03. The first-order chi connectivity index (χ1) is 16.1. The van der Waals surface area contributed by atoms with E-state index >= 15 is 0 Å². The number of rotatable bonds is 12. The second-order valence-corrected chi connectivity index (χ2v) is 8.03. The summed E-state index contributed by atoms with van der Waals surface area (Å²) in [6.45, 7) is 4.91. The quantitative estimate of drug-likeness (QED) is 0.331. The van der Waals surface area contributed by atoms with Crippen molar-refractivity contribution >= 4 is 17.8 Å². The highest BCUT2D eigenvalue weighted by Gasteiger charge is 2.15. The monoisotopic (exact) mass is 455 g/mol. The minimum Gasteiger partial charge on any atom is -0.395 e. The number of ether oxygens (including phenoxy) is 1. The van der Waals surface area contributed by atoms with E-state index in [0.717, 1.165) is 32.4 Å². The summed E-state index contributed by atoms with van der Waals surface area (Å²) in [4.78, 5) is 28.0. The second kappa shape index (κ2) is 13.6. The molecule has 1 aliphatic heterocycles. The summed E-state index contributed by atoms with van der Waals surface area (Å²) < 4.78 is 5.40. The van der Waals surface area contributed by atoms with Gasteiger partial charge in [-0.25, -0.2) is 15.3 Å². The molecule has 1 aromatic carbocycles. The molecule has 1 amide bonds. The molecule has 0 radical (unpaired) electrons. The fraction of sp³-hybridized carbons (Fsp3) is 0.458. The average molecular weight is 456 g/mol. The standard InChI is InChI=1S/C24H33N5O4/c1-19(17-29(12-13-30)18-20-7-3-2-4-8-20)27-22-16-25-21(15-26-22)10-11-23(31)28-33-24-9-5-6-14-32-24/h2-4,7-8,10-11,15-16,19,24,30H,5-6,9,12-14,17-18H2,1H3,(H,26,27)(H,28,31)/t19-,24?/m1/s1. The molecule has 2 heterocycles. The summed E-state index contributed by atoms with van der Waals surface area (Å²) in [7, 11) is 0. The zero-order valence-electron chi connectivity index (χ0n) is 19.0. The molecule has 9 heteroatoms. The molecule has 1 unspecified atom stereocenters. The molecule has 1 aliphatic rings. The van der Waals surface area contributed by atoms with Crippen molar-refractivity contribution in [3.8, 4) is 0 Å². The summed E-state index contributed by atoms with van der Waals surface area (Å²) in [5, 5.41) is 12.7. The predicted octanol–water partition coefficient (Wildman–Crippen LogP) is 2.36. The van der Waals surface area contributed by atoms with Crippen molar-refractivity contribution in [2.75, 3.05) is 31.6 Å². The van der Waals surface area contributed by atoms with E-state index in [4.69, 9.17) is 9.57 Å². The van der Waals surface area contributed by atoms with Crippen molar-refractivity contribution in [3.05, 3.63) is 60.1 Å². The van der Waals surface area contributed by atoms with Gasteiger partial charge in [0.05, 0.1) is 24.7 Å². The van der Waals surface area contributed by atoms with Crippen LogP contribution in [-0.2, 0) is 20.9 Å². The van der Waals surface area contributed by atoms with Gasteiger partial charge in [0, 0.05) is 44.8 Å². The third kappa shape index (κ3) is 9.27. The van der Waals surface area contributed by atoms with Gasteiger partial charge >= 0.3 is 0 Å². The molecule has 1 aromatic heterocycles. The van der Waals surface area contributed by atoms with E-state index in [2.05, 4.69) is 44.7 Å². The number of amides is 1. The van der Waals surface area contributed by atoms with Crippen molar-refractivity contribution in [1.29, 1.82) is 0 Å². The normalized spacial score (nSPS) is 17.2. The minimum atomic E-state index is -0.385. The number of hydrogen-bond acceptors (Lipinski definition) is 8. The highest BCUT2D eigenvalue weighted by molar-refractivity contribution is 5.90. The molecule has 3 N–H and O–H groups in total. The Kier molecular flexibility index (Phi) is 10.2. The van der Waals surface area contributed by atoms with Crippen molar-refractivity contribution in [2.45, 2.75) is 45.1 Å². The Morgan fingerprint density at radius 3 is 2.85 bits per heavy atom. The smallest absolute Gasteiger partial charge is 0.267 e. The van der Waals surface area contributed by atoms with Gasteiger partial charge in [-0.05, 0) is 31.4 Å². The van der Waals surface area contributed by atoms with Gasteiger partial charge in [0.15, 0.2) is 6.29 Å². The van der Waals surface area contributed by atoms with Crippen LogP contribution in [0, 0.1) is 0 Å². The van der Waals surface area contributed by atoms with Crippen LogP contribution >= 0.6 is 0 Å². The number of aliphatic hydroxyl groups is 1. The Morgan fingerprint density at radius 2 is 2.15 bits per heavy atom. The number of aromatic nitrogens is 2. The SMILES string of the molecule is C[C@H](CN(CCO)Cc1ccccc1)Nc1cnc(C=CC(=O)NOC2CCCCO2)cn1. The number of carbonyl (C=O) groups is 1. The first-order valence-electron chi connectivity index (χ1n) is 11.3. The molecule has 33 heavy (non-hydrogen) atoms. The fourth-order valence-electron chi connectivity index (χ4n) is 3.52.